The quantitative estimate of drug-likeness (QED) is 0.301. The molecule has 0 unspecified atom stereocenters. The van der Waals surface area contributed by atoms with Crippen molar-refractivity contribution in [1.82, 2.24) is 0 Å². The molecule has 0 saturated heterocycles. The van der Waals surface area contributed by atoms with Gasteiger partial charge in [0.25, 0.3) is 0 Å². The number of rotatable bonds is 5. The summed E-state index contributed by atoms with van der Waals surface area (Å²) in [6.07, 6.45) is 6.26. The molecule has 0 aliphatic heterocycles. The van der Waals surface area contributed by atoms with E-state index < -0.39 is 0 Å². The van der Waals surface area contributed by atoms with E-state index in [1.54, 1.807) is 30.4 Å². The van der Waals surface area contributed by atoms with Crippen LogP contribution in [0, 0.1) is 0 Å². The second-order valence-electron chi connectivity index (χ2n) is 2.74. The third-order valence-electron chi connectivity index (χ3n) is 1.61. The van der Waals surface area contributed by atoms with Gasteiger partial charge in [0.05, 0.1) is 6.21 Å². The van der Waals surface area contributed by atoms with E-state index in [2.05, 4.69) is 5.16 Å². The number of oxime groups is 1. The summed E-state index contributed by atoms with van der Waals surface area (Å²) in [5, 5.41) is 3.81. The van der Waals surface area contributed by atoms with Gasteiger partial charge < -0.3 is 4.84 Å². The number of hydrogen-bond acceptors (Lipinski definition) is 3. The Kier molecular flexibility index (Phi) is 4.47. The molecule has 1 aromatic heterocycles. The van der Waals surface area contributed by atoms with Crippen molar-refractivity contribution in [3.63, 3.8) is 0 Å². The second-order valence-corrected chi connectivity index (χ2v) is 2.74. The third kappa shape index (κ3) is 3.43. The number of nitrogens with zero attached hydrogens (tertiary/aromatic N) is 2. The largest absolute Gasteiger partial charge is 0.396 e. The first kappa shape index (κ1) is 10.5. The van der Waals surface area contributed by atoms with E-state index in [4.69, 9.17) is 9.68 Å². The summed E-state index contributed by atoms with van der Waals surface area (Å²) in [5.74, 6) is 0. The lowest BCUT2D eigenvalue weighted by Crippen LogP contribution is -2.39. The Morgan fingerprint density at radius 1 is 1.43 bits per heavy atom. The predicted molar refractivity (Wildman–Crippen MR) is 53.0 cm³/mol. The van der Waals surface area contributed by atoms with Crippen molar-refractivity contribution < 1.29 is 14.4 Å². The molecule has 1 rings (SSSR count). The first-order valence-electron chi connectivity index (χ1n) is 4.58. The van der Waals surface area contributed by atoms with Crippen molar-refractivity contribution in [2.75, 3.05) is 13.7 Å². The lowest BCUT2D eigenvalue weighted by molar-refractivity contribution is -0.885. The van der Waals surface area contributed by atoms with Gasteiger partial charge in [-0.3, -0.25) is 4.84 Å². The van der Waals surface area contributed by atoms with Crippen LogP contribution < -0.4 is 9.57 Å². The standard InChI is InChI=1S/C10H15N2O2/c1-3-8-14-11-9-10-4-6-12(13-2)7-5-10/h4-7,9H,3,8H2,1-2H3/q+1/b11-9+. The summed E-state index contributed by atoms with van der Waals surface area (Å²) in [7, 11) is 1.61. The molecule has 0 spiro atoms. The monoisotopic (exact) mass is 195 g/mol. The predicted octanol–water partition coefficient (Wildman–Crippen LogP) is 0.793. The van der Waals surface area contributed by atoms with E-state index in [0.717, 1.165) is 12.0 Å². The molecular weight excluding hydrogens is 180 g/mol. The summed E-state index contributed by atoms with van der Waals surface area (Å²) in [6.45, 7) is 2.70. The van der Waals surface area contributed by atoms with Gasteiger partial charge in [-0.1, -0.05) is 12.1 Å². The Morgan fingerprint density at radius 2 is 2.14 bits per heavy atom. The summed E-state index contributed by atoms with van der Waals surface area (Å²) in [5.41, 5.74) is 0.981. The van der Waals surface area contributed by atoms with Crippen LogP contribution in [0.5, 0.6) is 0 Å². The fraction of sp³-hybridized carbons (Fsp3) is 0.400. The molecule has 0 atom stereocenters. The zero-order valence-electron chi connectivity index (χ0n) is 8.51. The molecule has 0 amide bonds. The smallest absolute Gasteiger partial charge is 0.223 e. The van der Waals surface area contributed by atoms with E-state index in [9.17, 15) is 0 Å². The lowest BCUT2D eigenvalue weighted by Gasteiger charge is -1.94. The molecule has 14 heavy (non-hydrogen) atoms. The Balaban J connectivity index is 2.47. The molecule has 1 heterocycles. The van der Waals surface area contributed by atoms with Gasteiger partial charge >= 0.3 is 0 Å². The van der Waals surface area contributed by atoms with Crippen LogP contribution in [0.4, 0.5) is 0 Å². The molecule has 0 bridgehead atoms. The van der Waals surface area contributed by atoms with Crippen LogP contribution >= 0.6 is 0 Å². The van der Waals surface area contributed by atoms with Gasteiger partial charge in [0, 0.05) is 22.4 Å². The van der Waals surface area contributed by atoms with Crippen molar-refractivity contribution in [2.24, 2.45) is 5.16 Å². The van der Waals surface area contributed by atoms with Gasteiger partial charge in [-0.15, -0.1) is 0 Å². The fourth-order valence-corrected chi connectivity index (χ4v) is 0.874. The molecule has 0 aromatic carbocycles. The molecule has 0 aliphatic carbocycles. The Labute approximate surface area is 83.7 Å². The first-order valence-corrected chi connectivity index (χ1v) is 4.58. The summed E-state index contributed by atoms with van der Waals surface area (Å²) >= 11 is 0. The number of hydrogen-bond donors (Lipinski definition) is 0. The van der Waals surface area contributed by atoms with E-state index in [1.165, 1.54) is 0 Å². The average molecular weight is 195 g/mol. The van der Waals surface area contributed by atoms with Gasteiger partial charge in [0.2, 0.25) is 12.4 Å². The van der Waals surface area contributed by atoms with Crippen molar-refractivity contribution in [3.05, 3.63) is 30.1 Å². The molecule has 1 aromatic rings. The van der Waals surface area contributed by atoms with Crippen LogP contribution in [0.25, 0.3) is 0 Å². The average Bonchev–Trinajstić information content (AvgIpc) is 2.25. The number of pyridine rings is 1. The Morgan fingerprint density at radius 3 is 2.71 bits per heavy atom. The topological polar surface area (TPSA) is 34.7 Å². The molecule has 0 radical (unpaired) electrons. The van der Waals surface area contributed by atoms with E-state index in [1.807, 2.05) is 19.1 Å². The molecule has 4 heteroatoms. The van der Waals surface area contributed by atoms with Crippen molar-refractivity contribution in [1.29, 1.82) is 0 Å². The highest BCUT2D eigenvalue weighted by molar-refractivity contribution is 5.78. The normalized spacial score (nSPS) is 10.4. The zero-order chi connectivity index (χ0) is 10.2. The van der Waals surface area contributed by atoms with Crippen LogP contribution in [0.2, 0.25) is 0 Å². The van der Waals surface area contributed by atoms with Gasteiger partial charge in [-0.2, -0.15) is 0 Å². The third-order valence-corrected chi connectivity index (χ3v) is 1.61. The highest BCUT2D eigenvalue weighted by atomic mass is 16.6. The van der Waals surface area contributed by atoms with Gasteiger partial charge in [-0.05, 0) is 6.42 Å². The molecular formula is C10H15N2O2+. The number of aromatic nitrogens is 1. The van der Waals surface area contributed by atoms with E-state index in [-0.39, 0.29) is 0 Å². The summed E-state index contributed by atoms with van der Waals surface area (Å²) in [6, 6.07) is 3.78. The van der Waals surface area contributed by atoms with Crippen LogP contribution in [-0.4, -0.2) is 19.9 Å². The fourth-order valence-electron chi connectivity index (χ4n) is 0.874. The van der Waals surface area contributed by atoms with Crippen LogP contribution in [0.3, 0.4) is 0 Å². The minimum absolute atomic E-state index is 0.654. The summed E-state index contributed by atoms with van der Waals surface area (Å²) in [4.78, 5) is 9.93. The zero-order valence-corrected chi connectivity index (χ0v) is 8.51. The highest BCUT2D eigenvalue weighted by Gasteiger charge is 1.96. The van der Waals surface area contributed by atoms with E-state index >= 15 is 0 Å². The van der Waals surface area contributed by atoms with Crippen LogP contribution in [-0.2, 0) is 4.84 Å². The molecule has 0 aliphatic rings. The Hall–Kier alpha value is -1.58. The van der Waals surface area contributed by atoms with Crippen molar-refractivity contribution in [3.8, 4) is 0 Å². The first-order chi connectivity index (χ1) is 6.86. The minimum atomic E-state index is 0.654. The highest BCUT2D eigenvalue weighted by Crippen LogP contribution is 1.90. The molecule has 0 fully saturated rings. The van der Waals surface area contributed by atoms with Gasteiger partial charge in [-0.25, -0.2) is 0 Å². The van der Waals surface area contributed by atoms with E-state index in [0.29, 0.717) is 6.61 Å². The van der Waals surface area contributed by atoms with Crippen LogP contribution in [0.15, 0.2) is 29.7 Å². The maximum Gasteiger partial charge on any atom is 0.223 e. The SMILES string of the molecule is CCCO/N=C/c1cc[n+](OC)cc1. The maximum atomic E-state index is 4.97. The van der Waals surface area contributed by atoms with Gasteiger partial charge in [0.1, 0.15) is 13.7 Å². The lowest BCUT2D eigenvalue weighted by atomic mass is 10.3. The van der Waals surface area contributed by atoms with Gasteiger partial charge in [0.15, 0.2) is 0 Å². The maximum absolute atomic E-state index is 4.97. The second kappa shape index (κ2) is 5.96. The van der Waals surface area contributed by atoms with Crippen LogP contribution in [0.1, 0.15) is 18.9 Å². The van der Waals surface area contributed by atoms with Crippen molar-refractivity contribution in [2.45, 2.75) is 13.3 Å². The van der Waals surface area contributed by atoms with Crippen molar-refractivity contribution >= 4 is 6.21 Å². The Bertz CT molecular complexity index is 283. The summed E-state index contributed by atoms with van der Waals surface area (Å²) < 4.78 is 1.60. The molecule has 4 nitrogen and oxygen atoms in total. The minimum Gasteiger partial charge on any atom is -0.396 e. The molecule has 0 N–H and O–H groups in total. The molecule has 0 saturated carbocycles. The molecule has 76 valence electrons.